The summed E-state index contributed by atoms with van der Waals surface area (Å²) in [6.07, 6.45) is -6.20. The van der Waals surface area contributed by atoms with Crippen LogP contribution in [0.25, 0.3) is 0 Å². The Morgan fingerprint density at radius 2 is 1.92 bits per heavy atom. The summed E-state index contributed by atoms with van der Waals surface area (Å²) in [6.45, 7) is 5.31. The summed E-state index contributed by atoms with van der Waals surface area (Å²) in [5.41, 5.74) is -1.84. The number of aliphatic hydroxyl groups excluding tert-OH is 1. The van der Waals surface area contributed by atoms with E-state index in [-0.39, 0.29) is 25.1 Å². The van der Waals surface area contributed by atoms with Gasteiger partial charge in [0.25, 0.3) is 0 Å². The van der Waals surface area contributed by atoms with Crippen molar-refractivity contribution in [3.05, 3.63) is 35.1 Å². The molecule has 0 spiro atoms. The molecule has 0 aromatic heterocycles. The second kappa shape index (κ2) is 6.82. The van der Waals surface area contributed by atoms with Crippen LogP contribution in [0.1, 0.15) is 44.2 Å². The third-order valence-corrected chi connectivity index (χ3v) is 3.96. The lowest BCUT2D eigenvalue weighted by Gasteiger charge is -2.37. The van der Waals surface area contributed by atoms with Gasteiger partial charge in [-0.3, -0.25) is 0 Å². The van der Waals surface area contributed by atoms with Crippen LogP contribution in [-0.4, -0.2) is 40.9 Å². The van der Waals surface area contributed by atoms with Gasteiger partial charge < -0.3 is 14.7 Å². The van der Waals surface area contributed by atoms with Crippen LogP contribution in [0.3, 0.4) is 0 Å². The molecule has 1 aromatic carbocycles. The van der Waals surface area contributed by atoms with Crippen molar-refractivity contribution in [2.45, 2.75) is 51.0 Å². The van der Waals surface area contributed by atoms with E-state index in [0.29, 0.717) is 0 Å². The van der Waals surface area contributed by atoms with E-state index in [1.165, 1.54) is 11.0 Å². The Kier molecular flexibility index (Phi) is 5.32. The maximum Gasteiger partial charge on any atom is 0.419 e. The molecule has 1 aromatic rings. The van der Waals surface area contributed by atoms with E-state index >= 15 is 0 Å². The summed E-state index contributed by atoms with van der Waals surface area (Å²) < 4.78 is 57.2. The monoisotopic (exact) mass is 363 g/mol. The van der Waals surface area contributed by atoms with Gasteiger partial charge in [-0.2, -0.15) is 13.2 Å². The number of hydrogen-bond donors (Lipinski definition) is 1. The normalized spacial score (nSPS) is 22.0. The average molecular weight is 363 g/mol. The number of hydrogen-bond acceptors (Lipinski definition) is 3. The quantitative estimate of drug-likeness (QED) is 0.769. The molecule has 1 aliphatic rings. The molecule has 1 aliphatic heterocycles. The maximum atomic E-state index is 13.4. The van der Waals surface area contributed by atoms with Crippen LogP contribution in [-0.2, 0) is 10.9 Å². The van der Waals surface area contributed by atoms with E-state index in [1.807, 2.05) is 0 Å². The zero-order valence-electron chi connectivity index (χ0n) is 14.2. The highest BCUT2D eigenvalue weighted by atomic mass is 19.4. The first-order valence-corrected chi connectivity index (χ1v) is 7.91. The number of aliphatic hydroxyl groups is 1. The summed E-state index contributed by atoms with van der Waals surface area (Å²) in [4.78, 5) is 13.3. The molecular formula is C17H21F4NO3. The predicted molar refractivity (Wildman–Crippen MR) is 82.6 cm³/mol. The summed E-state index contributed by atoms with van der Waals surface area (Å²) in [6, 6.07) is 2.72. The largest absolute Gasteiger partial charge is 0.444 e. The lowest BCUT2D eigenvalue weighted by Crippen LogP contribution is -2.47. The van der Waals surface area contributed by atoms with Crippen molar-refractivity contribution in [1.29, 1.82) is 0 Å². The van der Waals surface area contributed by atoms with Crippen molar-refractivity contribution in [3.63, 3.8) is 0 Å². The molecule has 8 heteroatoms. The van der Waals surface area contributed by atoms with Crippen molar-refractivity contribution in [1.82, 2.24) is 4.90 Å². The van der Waals surface area contributed by atoms with Gasteiger partial charge in [-0.1, -0.05) is 6.07 Å². The number of benzene rings is 1. The average Bonchev–Trinajstić information content (AvgIpc) is 2.45. The Balaban J connectivity index is 2.13. The SMILES string of the molecule is CC(C)(C)OC(=O)N1CC[C@@H](c2ccc(F)c(C(F)(F)F)c2)[C@@H](O)C1. The number of rotatable bonds is 1. The first kappa shape index (κ1) is 19.5. The number of alkyl halides is 3. The van der Waals surface area contributed by atoms with E-state index in [1.54, 1.807) is 20.8 Å². The zero-order chi connectivity index (χ0) is 19.0. The molecule has 2 atom stereocenters. The van der Waals surface area contributed by atoms with Crippen LogP contribution in [0.5, 0.6) is 0 Å². The molecule has 1 heterocycles. The third kappa shape index (κ3) is 4.84. The molecule has 25 heavy (non-hydrogen) atoms. The Bertz CT molecular complexity index is 640. The fraction of sp³-hybridized carbons (Fsp3) is 0.588. The summed E-state index contributed by atoms with van der Waals surface area (Å²) in [5, 5.41) is 10.3. The van der Waals surface area contributed by atoms with E-state index in [9.17, 15) is 27.5 Å². The third-order valence-electron chi connectivity index (χ3n) is 3.96. The summed E-state index contributed by atoms with van der Waals surface area (Å²) >= 11 is 0. The maximum absolute atomic E-state index is 13.4. The second-order valence-electron chi connectivity index (χ2n) is 7.13. The Morgan fingerprint density at radius 1 is 1.28 bits per heavy atom. The fourth-order valence-corrected chi connectivity index (χ4v) is 2.80. The van der Waals surface area contributed by atoms with E-state index in [0.717, 1.165) is 12.1 Å². The fourth-order valence-electron chi connectivity index (χ4n) is 2.80. The topological polar surface area (TPSA) is 49.8 Å². The Hall–Kier alpha value is -1.83. The molecular weight excluding hydrogens is 342 g/mol. The van der Waals surface area contributed by atoms with Gasteiger partial charge in [0, 0.05) is 12.5 Å². The van der Waals surface area contributed by atoms with Crippen LogP contribution in [0.2, 0.25) is 0 Å². The molecule has 0 radical (unpaired) electrons. The standard InChI is InChI=1S/C17H21F4NO3/c1-16(2,3)25-15(24)22-7-6-11(14(23)9-22)10-4-5-13(18)12(8-10)17(19,20)21/h4-5,8,11,14,23H,6-7,9H2,1-3H3/t11-,14-/m0/s1. The van der Waals surface area contributed by atoms with Crippen molar-refractivity contribution in [3.8, 4) is 0 Å². The predicted octanol–water partition coefficient (Wildman–Crippen LogP) is 3.93. The van der Waals surface area contributed by atoms with Gasteiger partial charge in [0.2, 0.25) is 0 Å². The molecule has 1 N–H and O–H groups in total. The lowest BCUT2D eigenvalue weighted by atomic mass is 9.86. The van der Waals surface area contributed by atoms with Crippen LogP contribution >= 0.6 is 0 Å². The van der Waals surface area contributed by atoms with Gasteiger partial charge in [0.1, 0.15) is 11.4 Å². The van der Waals surface area contributed by atoms with E-state index in [4.69, 9.17) is 4.74 Å². The Labute approximate surface area is 143 Å². The highest BCUT2D eigenvalue weighted by Crippen LogP contribution is 2.36. The molecule has 1 saturated heterocycles. The van der Waals surface area contributed by atoms with Crippen LogP contribution < -0.4 is 0 Å². The molecule has 1 fully saturated rings. The van der Waals surface area contributed by atoms with Gasteiger partial charge >= 0.3 is 12.3 Å². The molecule has 2 rings (SSSR count). The second-order valence-corrected chi connectivity index (χ2v) is 7.13. The summed E-state index contributed by atoms with van der Waals surface area (Å²) in [5.74, 6) is -1.96. The van der Waals surface area contributed by atoms with Crippen LogP contribution in [0.4, 0.5) is 22.4 Å². The number of ether oxygens (including phenoxy) is 1. The molecule has 1 amide bonds. The molecule has 4 nitrogen and oxygen atoms in total. The van der Waals surface area contributed by atoms with Gasteiger partial charge in [-0.05, 0) is 44.9 Å². The number of carbonyl (C=O) groups excluding carboxylic acids is 1. The van der Waals surface area contributed by atoms with Gasteiger partial charge in [-0.15, -0.1) is 0 Å². The Morgan fingerprint density at radius 3 is 2.44 bits per heavy atom. The minimum Gasteiger partial charge on any atom is -0.444 e. The minimum atomic E-state index is -4.80. The van der Waals surface area contributed by atoms with Crippen LogP contribution in [0.15, 0.2) is 18.2 Å². The number of halogens is 4. The van der Waals surface area contributed by atoms with Crippen molar-refractivity contribution in [2.24, 2.45) is 0 Å². The molecule has 0 aliphatic carbocycles. The molecule has 0 unspecified atom stereocenters. The first-order chi connectivity index (χ1) is 11.4. The number of carbonyl (C=O) groups is 1. The van der Waals surface area contributed by atoms with Crippen molar-refractivity contribution >= 4 is 6.09 Å². The van der Waals surface area contributed by atoms with Crippen molar-refractivity contribution < 1.29 is 32.2 Å². The number of likely N-dealkylation sites (tertiary alicyclic amines) is 1. The van der Waals surface area contributed by atoms with Gasteiger partial charge in [-0.25, -0.2) is 9.18 Å². The summed E-state index contributed by atoms with van der Waals surface area (Å²) in [7, 11) is 0. The number of nitrogens with zero attached hydrogens (tertiary/aromatic N) is 1. The van der Waals surface area contributed by atoms with Crippen molar-refractivity contribution in [2.75, 3.05) is 13.1 Å². The molecule has 0 saturated carbocycles. The number of amides is 1. The molecule has 0 bridgehead atoms. The zero-order valence-corrected chi connectivity index (χ0v) is 14.2. The minimum absolute atomic E-state index is 0.0572. The number of piperidine rings is 1. The highest BCUT2D eigenvalue weighted by molar-refractivity contribution is 5.68. The number of β-amino-alcohol motifs (C(OH)–C–C–N with tert-alkyl or cyclic N) is 1. The van der Waals surface area contributed by atoms with Crippen LogP contribution in [0, 0.1) is 5.82 Å². The molecule has 140 valence electrons. The van der Waals surface area contributed by atoms with E-state index < -0.39 is 41.3 Å². The van der Waals surface area contributed by atoms with Gasteiger partial charge in [0.15, 0.2) is 0 Å². The van der Waals surface area contributed by atoms with E-state index in [2.05, 4.69) is 0 Å². The smallest absolute Gasteiger partial charge is 0.419 e. The van der Waals surface area contributed by atoms with Gasteiger partial charge in [0.05, 0.1) is 18.2 Å². The first-order valence-electron chi connectivity index (χ1n) is 7.91. The lowest BCUT2D eigenvalue weighted by molar-refractivity contribution is -0.140. The highest BCUT2D eigenvalue weighted by Gasteiger charge is 2.37.